The standard InChI is InChI=1S/C18H23ClN2O3/c1-6-23-18(22)11(2)9-14-7-8-15(19)16(10-14)24-17-12(3)13(4)20-21(17)5/h7-8,10-11H,6,9H2,1-5H3. The van der Waals surface area contributed by atoms with Crippen molar-refractivity contribution < 1.29 is 14.3 Å². The minimum Gasteiger partial charge on any atom is -0.466 e. The molecule has 0 saturated carbocycles. The predicted molar refractivity (Wildman–Crippen MR) is 93.7 cm³/mol. The van der Waals surface area contributed by atoms with E-state index in [4.69, 9.17) is 21.1 Å². The van der Waals surface area contributed by atoms with Crippen LogP contribution in [0.2, 0.25) is 5.02 Å². The maximum Gasteiger partial charge on any atom is 0.308 e. The van der Waals surface area contributed by atoms with Gasteiger partial charge in [0.25, 0.3) is 0 Å². The van der Waals surface area contributed by atoms with Gasteiger partial charge >= 0.3 is 5.97 Å². The van der Waals surface area contributed by atoms with E-state index < -0.39 is 0 Å². The van der Waals surface area contributed by atoms with Crippen molar-refractivity contribution >= 4 is 17.6 Å². The molecule has 5 nitrogen and oxygen atoms in total. The number of esters is 1. The number of hydrogen-bond donors (Lipinski definition) is 0. The summed E-state index contributed by atoms with van der Waals surface area (Å²) in [6, 6.07) is 5.54. The molecule has 0 N–H and O–H groups in total. The topological polar surface area (TPSA) is 53.4 Å². The maximum atomic E-state index is 11.8. The summed E-state index contributed by atoms with van der Waals surface area (Å²) in [7, 11) is 1.83. The third-order valence-electron chi connectivity index (χ3n) is 3.89. The van der Waals surface area contributed by atoms with Crippen LogP contribution >= 0.6 is 11.6 Å². The molecule has 6 heteroatoms. The Balaban J connectivity index is 2.21. The van der Waals surface area contributed by atoms with Crippen LogP contribution < -0.4 is 4.74 Å². The van der Waals surface area contributed by atoms with Crippen LogP contribution in [0.15, 0.2) is 18.2 Å². The van der Waals surface area contributed by atoms with Gasteiger partial charge < -0.3 is 9.47 Å². The van der Waals surface area contributed by atoms with Crippen LogP contribution in [0.4, 0.5) is 0 Å². The van der Waals surface area contributed by atoms with E-state index >= 15 is 0 Å². The Morgan fingerprint density at radius 2 is 2.08 bits per heavy atom. The number of rotatable bonds is 6. The average Bonchev–Trinajstić information content (AvgIpc) is 2.77. The molecule has 1 unspecified atom stereocenters. The number of carbonyl (C=O) groups excluding carboxylic acids is 1. The highest BCUT2D eigenvalue weighted by Crippen LogP contribution is 2.33. The summed E-state index contributed by atoms with van der Waals surface area (Å²) in [4.78, 5) is 11.8. The molecular formula is C18H23ClN2O3. The average molecular weight is 351 g/mol. The molecule has 0 bridgehead atoms. The summed E-state index contributed by atoms with van der Waals surface area (Å²) in [6.07, 6.45) is 0.565. The van der Waals surface area contributed by atoms with Gasteiger partial charge in [0.2, 0.25) is 5.88 Å². The van der Waals surface area contributed by atoms with E-state index in [1.165, 1.54) is 0 Å². The normalized spacial score (nSPS) is 12.1. The van der Waals surface area contributed by atoms with E-state index in [2.05, 4.69) is 5.10 Å². The number of benzene rings is 1. The van der Waals surface area contributed by atoms with Crippen LogP contribution in [0, 0.1) is 19.8 Å². The van der Waals surface area contributed by atoms with Crippen molar-refractivity contribution in [2.45, 2.75) is 34.1 Å². The van der Waals surface area contributed by atoms with Gasteiger partial charge in [0, 0.05) is 12.6 Å². The number of ether oxygens (including phenoxy) is 2. The summed E-state index contributed by atoms with van der Waals surface area (Å²) >= 11 is 6.26. The molecule has 1 aromatic heterocycles. The minimum atomic E-state index is -0.223. The van der Waals surface area contributed by atoms with E-state index in [0.717, 1.165) is 16.8 Å². The molecule has 0 saturated heterocycles. The number of aryl methyl sites for hydroxylation is 2. The van der Waals surface area contributed by atoms with Gasteiger partial charge in [0.1, 0.15) is 5.75 Å². The van der Waals surface area contributed by atoms with Crippen molar-refractivity contribution in [2.75, 3.05) is 6.61 Å². The number of nitrogens with zero attached hydrogens (tertiary/aromatic N) is 2. The zero-order valence-corrected chi connectivity index (χ0v) is 15.5. The van der Waals surface area contributed by atoms with Gasteiger partial charge in [0.15, 0.2) is 0 Å². The molecule has 0 spiro atoms. The molecule has 0 radical (unpaired) electrons. The molecule has 130 valence electrons. The molecule has 0 aliphatic heterocycles. The second kappa shape index (κ2) is 7.71. The summed E-state index contributed by atoms with van der Waals surface area (Å²) < 4.78 is 12.7. The van der Waals surface area contributed by atoms with E-state index in [1.54, 1.807) is 17.7 Å². The Kier molecular flexibility index (Phi) is 5.89. The van der Waals surface area contributed by atoms with Crippen LogP contribution in [0.3, 0.4) is 0 Å². The molecule has 2 rings (SSSR count). The fraction of sp³-hybridized carbons (Fsp3) is 0.444. The van der Waals surface area contributed by atoms with E-state index in [-0.39, 0.29) is 11.9 Å². The van der Waals surface area contributed by atoms with Gasteiger partial charge in [-0.1, -0.05) is 24.6 Å². The van der Waals surface area contributed by atoms with Crippen molar-refractivity contribution in [3.63, 3.8) is 0 Å². The van der Waals surface area contributed by atoms with Crippen molar-refractivity contribution in [3.8, 4) is 11.6 Å². The summed E-state index contributed by atoms with van der Waals surface area (Å²) in [5, 5.41) is 4.85. The Labute approximate surface area is 147 Å². The maximum absolute atomic E-state index is 11.8. The molecule has 2 aromatic rings. The molecule has 0 amide bonds. The Bertz CT molecular complexity index is 740. The largest absolute Gasteiger partial charge is 0.466 e. The fourth-order valence-corrected chi connectivity index (χ4v) is 2.62. The minimum absolute atomic E-state index is 0.201. The molecule has 0 aliphatic carbocycles. The fourth-order valence-electron chi connectivity index (χ4n) is 2.46. The number of hydrogen-bond acceptors (Lipinski definition) is 4. The summed E-state index contributed by atoms with van der Waals surface area (Å²) in [6.45, 7) is 7.93. The SMILES string of the molecule is CCOC(=O)C(C)Cc1ccc(Cl)c(Oc2c(C)c(C)nn2C)c1. The zero-order chi connectivity index (χ0) is 17.9. The lowest BCUT2D eigenvalue weighted by atomic mass is 10.0. The highest BCUT2D eigenvalue weighted by Gasteiger charge is 2.17. The van der Waals surface area contributed by atoms with E-state index in [9.17, 15) is 4.79 Å². The quantitative estimate of drug-likeness (QED) is 0.732. The molecule has 1 heterocycles. The molecule has 0 fully saturated rings. The number of halogens is 1. The van der Waals surface area contributed by atoms with Crippen LogP contribution in [-0.4, -0.2) is 22.4 Å². The van der Waals surface area contributed by atoms with Gasteiger partial charge in [-0.2, -0.15) is 5.10 Å². The highest BCUT2D eigenvalue weighted by molar-refractivity contribution is 6.32. The first-order valence-corrected chi connectivity index (χ1v) is 8.34. The van der Waals surface area contributed by atoms with Crippen LogP contribution in [0.1, 0.15) is 30.7 Å². The molecule has 0 aliphatic rings. The first kappa shape index (κ1) is 18.3. The number of aromatic nitrogens is 2. The number of carbonyl (C=O) groups is 1. The predicted octanol–water partition coefficient (Wildman–Crippen LogP) is 4.22. The van der Waals surface area contributed by atoms with Gasteiger partial charge in [-0.05, 0) is 44.9 Å². The van der Waals surface area contributed by atoms with Crippen molar-refractivity contribution in [1.29, 1.82) is 0 Å². The molecule has 24 heavy (non-hydrogen) atoms. The van der Waals surface area contributed by atoms with Gasteiger partial charge in [0.05, 0.1) is 23.2 Å². The van der Waals surface area contributed by atoms with Gasteiger partial charge in [-0.3, -0.25) is 4.79 Å². The van der Waals surface area contributed by atoms with Crippen LogP contribution in [-0.2, 0) is 23.0 Å². The van der Waals surface area contributed by atoms with Crippen molar-refractivity contribution in [2.24, 2.45) is 13.0 Å². The molecule has 1 aromatic carbocycles. The highest BCUT2D eigenvalue weighted by atomic mass is 35.5. The third-order valence-corrected chi connectivity index (χ3v) is 4.20. The zero-order valence-electron chi connectivity index (χ0n) is 14.7. The molecule has 1 atom stereocenters. The van der Waals surface area contributed by atoms with Crippen LogP contribution in [0.5, 0.6) is 11.6 Å². The first-order chi connectivity index (χ1) is 11.3. The van der Waals surface area contributed by atoms with Crippen molar-refractivity contribution in [3.05, 3.63) is 40.0 Å². The first-order valence-electron chi connectivity index (χ1n) is 7.96. The Morgan fingerprint density at radius 1 is 1.38 bits per heavy atom. The lowest BCUT2D eigenvalue weighted by molar-refractivity contribution is -0.147. The van der Waals surface area contributed by atoms with Gasteiger partial charge in [-0.25, -0.2) is 4.68 Å². The van der Waals surface area contributed by atoms with Crippen molar-refractivity contribution in [1.82, 2.24) is 9.78 Å². The molecular weight excluding hydrogens is 328 g/mol. The summed E-state index contributed by atoms with van der Waals surface area (Å²) in [5.74, 6) is 0.786. The van der Waals surface area contributed by atoms with E-state index in [1.807, 2.05) is 40.0 Å². The second-order valence-corrected chi connectivity index (χ2v) is 6.27. The summed E-state index contributed by atoms with van der Waals surface area (Å²) in [5.41, 5.74) is 2.85. The third kappa shape index (κ3) is 4.09. The lowest BCUT2D eigenvalue weighted by Crippen LogP contribution is -2.16. The Hall–Kier alpha value is -2.01. The second-order valence-electron chi connectivity index (χ2n) is 5.86. The lowest BCUT2D eigenvalue weighted by Gasteiger charge is -2.13. The van der Waals surface area contributed by atoms with E-state index in [0.29, 0.717) is 29.7 Å². The van der Waals surface area contributed by atoms with Gasteiger partial charge in [-0.15, -0.1) is 0 Å². The Morgan fingerprint density at radius 3 is 2.67 bits per heavy atom. The monoisotopic (exact) mass is 350 g/mol. The van der Waals surface area contributed by atoms with Crippen LogP contribution in [0.25, 0.3) is 0 Å². The smallest absolute Gasteiger partial charge is 0.308 e.